The van der Waals surface area contributed by atoms with E-state index in [9.17, 15) is 0 Å². The second kappa shape index (κ2) is 26.0. The molecule has 0 bridgehead atoms. The summed E-state index contributed by atoms with van der Waals surface area (Å²) < 4.78 is 5.24. The van der Waals surface area contributed by atoms with E-state index < -0.39 is 0 Å². The minimum Gasteiger partial charge on any atom is -0.379 e. The molecule has 1 N–H and O–H groups in total. The molecule has 252 valence electrons. The smallest absolute Gasteiger partial charge is 0.0594 e. The zero-order valence-electron chi connectivity index (χ0n) is 30.0. The largest absolute Gasteiger partial charge is 0.379 e. The normalized spacial score (nSPS) is 21.1. The molecule has 0 aromatic heterocycles. The monoisotopic (exact) mass is 596 g/mol. The second-order valence-electron chi connectivity index (χ2n) is 14.9. The van der Waals surface area contributed by atoms with E-state index in [-0.39, 0.29) is 0 Å². The van der Waals surface area contributed by atoms with Crippen LogP contribution in [-0.4, -0.2) is 124 Å². The maximum Gasteiger partial charge on any atom is 0.0594 e. The molecule has 4 saturated heterocycles. The van der Waals surface area contributed by atoms with E-state index in [1.165, 1.54) is 130 Å². The molecule has 4 aliphatic rings. The molecule has 4 heterocycles. The van der Waals surface area contributed by atoms with Crippen LogP contribution in [0.25, 0.3) is 0 Å². The number of piperidine rings is 1. The lowest BCUT2D eigenvalue weighted by atomic mass is 10.1. The summed E-state index contributed by atoms with van der Waals surface area (Å²) in [4.78, 5) is 10.2. The van der Waals surface area contributed by atoms with Gasteiger partial charge in [-0.15, -0.1) is 0 Å². The van der Waals surface area contributed by atoms with Gasteiger partial charge in [-0.2, -0.15) is 0 Å². The first-order chi connectivity index (χ1) is 20.2. The predicted octanol–water partition coefficient (Wildman–Crippen LogP) is 6.56. The molecular formula is C36H77N5O. The zero-order valence-corrected chi connectivity index (χ0v) is 30.0. The first-order valence-corrected chi connectivity index (χ1v) is 18.3. The van der Waals surface area contributed by atoms with E-state index >= 15 is 0 Å². The van der Waals surface area contributed by atoms with E-state index in [1.54, 1.807) is 0 Å². The Balaban J connectivity index is 0.000000281. The molecule has 0 saturated carbocycles. The molecule has 0 aromatic rings. The molecule has 0 amide bonds. The number of nitrogens with zero attached hydrogens (tertiary/aromatic N) is 4. The van der Waals surface area contributed by atoms with Gasteiger partial charge in [0, 0.05) is 52.4 Å². The number of piperazine rings is 1. The fourth-order valence-electron chi connectivity index (χ4n) is 6.06. The highest BCUT2D eigenvalue weighted by Gasteiger charge is 2.12. The highest BCUT2D eigenvalue weighted by molar-refractivity contribution is 4.68. The number of hydrogen-bond acceptors (Lipinski definition) is 6. The van der Waals surface area contributed by atoms with Crippen LogP contribution in [0.4, 0.5) is 0 Å². The van der Waals surface area contributed by atoms with E-state index in [4.69, 9.17) is 4.74 Å². The van der Waals surface area contributed by atoms with Crippen LogP contribution in [0.1, 0.15) is 107 Å². The lowest BCUT2D eigenvalue weighted by Crippen LogP contribution is -2.43. The van der Waals surface area contributed by atoms with Gasteiger partial charge in [-0.1, -0.05) is 61.8 Å². The number of rotatable bonds is 11. The SMILES string of the molecule is CC(C)CCCN1CCNCC1.CC(C)CCN1CCCCC1.CC(C)CN1CCCC1.CC(C)CN1CCOCC1. The van der Waals surface area contributed by atoms with Crippen LogP contribution in [0.5, 0.6) is 0 Å². The molecule has 6 heteroatoms. The average molecular weight is 596 g/mol. The van der Waals surface area contributed by atoms with Gasteiger partial charge in [0.15, 0.2) is 0 Å². The number of morpholine rings is 1. The number of ether oxygens (including phenoxy) is 1. The third-order valence-corrected chi connectivity index (χ3v) is 8.49. The van der Waals surface area contributed by atoms with Gasteiger partial charge in [0.05, 0.1) is 13.2 Å². The van der Waals surface area contributed by atoms with Crippen LogP contribution in [-0.2, 0) is 4.74 Å². The zero-order chi connectivity index (χ0) is 31.0. The minimum absolute atomic E-state index is 0.790. The highest BCUT2D eigenvalue weighted by Crippen LogP contribution is 2.11. The number of nitrogens with one attached hydrogen (secondary N) is 1. The molecule has 0 spiro atoms. The van der Waals surface area contributed by atoms with Gasteiger partial charge >= 0.3 is 0 Å². The maximum atomic E-state index is 5.24. The summed E-state index contributed by atoms with van der Waals surface area (Å²) in [6.45, 7) is 37.8. The summed E-state index contributed by atoms with van der Waals surface area (Å²) in [5.41, 5.74) is 0. The van der Waals surface area contributed by atoms with E-state index in [0.29, 0.717) is 0 Å². The summed E-state index contributed by atoms with van der Waals surface area (Å²) in [7, 11) is 0. The van der Waals surface area contributed by atoms with Crippen LogP contribution in [0, 0.1) is 23.7 Å². The van der Waals surface area contributed by atoms with Gasteiger partial charge < -0.3 is 24.8 Å². The fourth-order valence-corrected chi connectivity index (χ4v) is 6.06. The Morgan fingerprint density at radius 1 is 0.476 bits per heavy atom. The van der Waals surface area contributed by atoms with Gasteiger partial charge in [0.25, 0.3) is 0 Å². The Morgan fingerprint density at radius 2 is 0.929 bits per heavy atom. The molecule has 0 aromatic carbocycles. The Labute approximate surface area is 264 Å². The van der Waals surface area contributed by atoms with Crippen molar-refractivity contribution in [2.24, 2.45) is 23.7 Å². The summed E-state index contributed by atoms with van der Waals surface area (Å²) in [5, 5.41) is 3.37. The Morgan fingerprint density at radius 3 is 1.43 bits per heavy atom. The van der Waals surface area contributed by atoms with Crippen molar-refractivity contribution in [3.8, 4) is 0 Å². The molecule has 6 nitrogen and oxygen atoms in total. The average Bonchev–Trinajstić information content (AvgIpc) is 3.47. The molecule has 4 rings (SSSR count). The number of likely N-dealkylation sites (tertiary alicyclic amines) is 2. The number of hydrogen-bond donors (Lipinski definition) is 1. The molecule has 0 atom stereocenters. The standard InChI is InChI=1S/C10H22N2.C10H21N.C8H17NO.C8H17N/c1-10(2)4-3-7-12-8-5-11-6-9-12;1-10(2)6-9-11-7-4-3-5-8-11;1-8(2)7-9-3-5-10-6-4-9;1-8(2)7-9-5-3-4-6-9/h10-11H,3-9H2,1-2H3;10H,3-9H2,1-2H3;8H,3-7H2,1-2H3;8H,3-7H2,1-2H3. The van der Waals surface area contributed by atoms with Gasteiger partial charge in [-0.05, 0) is 108 Å². The van der Waals surface area contributed by atoms with E-state index in [1.807, 2.05) is 0 Å². The third-order valence-electron chi connectivity index (χ3n) is 8.49. The fraction of sp³-hybridized carbons (Fsp3) is 1.00. The Bertz CT molecular complexity index is 561. The van der Waals surface area contributed by atoms with Crippen LogP contribution in [0.15, 0.2) is 0 Å². The van der Waals surface area contributed by atoms with Crippen LogP contribution in [0.2, 0.25) is 0 Å². The lowest BCUT2D eigenvalue weighted by molar-refractivity contribution is 0.0329. The maximum absolute atomic E-state index is 5.24. The van der Waals surface area contributed by atoms with Crippen molar-refractivity contribution in [2.75, 3.05) is 105 Å². The lowest BCUT2D eigenvalue weighted by Gasteiger charge is -2.27. The van der Waals surface area contributed by atoms with Crippen molar-refractivity contribution in [3.63, 3.8) is 0 Å². The third kappa shape index (κ3) is 24.1. The van der Waals surface area contributed by atoms with Gasteiger partial charge in [-0.3, -0.25) is 4.90 Å². The topological polar surface area (TPSA) is 34.2 Å². The summed E-state index contributed by atoms with van der Waals surface area (Å²) >= 11 is 0. The molecular weight excluding hydrogens is 518 g/mol. The van der Waals surface area contributed by atoms with Gasteiger partial charge in [0.1, 0.15) is 0 Å². The quantitative estimate of drug-likeness (QED) is 0.291. The highest BCUT2D eigenvalue weighted by atomic mass is 16.5. The summed E-state index contributed by atoms with van der Waals surface area (Å²) in [6.07, 6.45) is 11.3. The van der Waals surface area contributed by atoms with Crippen LogP contribution < -0.4 is 5.32 Å². The van der Waals surface area contributed by atoms with Crippen LogP contribution >= 0.6 is 0 Å². The van der Waals surface area contributed by atoms with Crippen molar-refractivity contribution in [3.05, 3.63) is 0 Å². The van der Waals surface area contributed by atoms with Gasteiger partial charge in [-0.25, -0.2) is 0 Å². The van der Waals surface area contributed by atoms with E-state index in [0.717, 1.165) is 50.0 Å². The molecule has 0 unspecified atom stereocenters. The first kappa shape index (κ1) is 39.8. The molecule has 4 aliphatic heterocycles. The molecule has 0 radical (unpaired) electrons. The van der Waals surface area contributed by atoms with Crippen molar-refractivity contribution in [1.82, 2.24) is 24.9 Å². The van der Waals surface area contributed by atoms with Crippen LogP contribution in [0.3, 0.4) is 0 Å². The predicted molar refractivity (Wildman–Crippen MR) is 186 cm³/mol. The molecule has 0 aliphatic carbocycles. The second-order valence-corrected chi connectivity index (χ2v) is 14.9. The summed E-state index contributed by atoms with van der Waals surface area (Å²) in [6, 6.07) is 0. The van der Waals surface area contributed by atoms with Crippen molar-refractivity contribution in [2.45, 2.75) is 107 Å². The van der Waals surface area contributed by atoms with Crippen molar-refractivity contribution < 1.29 is 4.74 Å². The van der Waals surface area contributed by atoms with Crippen molar-refractivity contribution >= 4 is 0 Å². The van der Waals surface area contributed by atoms with Crippen molar-refractivity contribution in [1.29, 1.82) is 0 Å². The molecule has 42 heavy (non-hydrogen) atoms. The summed E-state index contributed by atoms with van der Waals surface area (Å²) in [5.74, 6) is 3.38. The van der Waals surface area contributed by atoms with Gasteiger partial charge in [0.2, 0.25) is 0 Å². The first-order valence-electron chi connectivity index (χ1n) is 18.3. The van der Waals surface area contributed by atoms with E-state index in [2.05, 4.69) is 80.3 Å². The minimum atomic E-state index is 0.790. The Kier molecular flexibility index (Phi) is 24.7. The molecule has 4 fully saturated rings. The Hall–Kier alpha value is -0.240.